The molecule has 0 unspecified atom stereocenters. The minimum Gasteiger partial charge on any atom is -0.490 e. The Kier molecular flexibility index (Phi) is 7.48. The van der Waals surface area contributed by atoms with Gasteiger partial charge in [-0.05, 0) is 63.0 Å². The minimum atomic E-state index is -0.222. The zero-order valence-corrected chi connectivity index (χ0v) is 16.7. The normalized spacial score (nSPS) is 16.6. The molecule has 0 bridgehead atoms. The third kappa shape index (κ3) is 4.84. The van der Waals surface area contributed by atoms with Crippen molar-refractivity contribution < 1.29 is 14.3 Å². The van der Waals surface area contributed by atoms with E-state index in [1.54, 1.807) is 11.8 Å². The van der Waals surface area contributed by atoms with E-state index in [0.717, 1.165) is 49.2 Å². The third-order valence-corrected chi connectivity index (χ3v) is 6.08. The van der Waals surface area contributed by atoms with Gasteiger partial charge in [0.2, 0.25) is 5.91 Å². The van der Waals surface area contributed by atoms with Gasteiger partial charge in [-0.15, -0.1) is 11.8 Å². The topological polar surface area (TPSA) is 47.6 Å². The van der Waals surface area contributed by atoms with Crippen LogP contribution < -0.4 is 14.8 Å². The molecule has 25 heavy (non-hydrogen) atoms. The summed E-state index contributed by atoms with van der Waals surface area (Å²) >= 11 is 1.67. The second kappa shape index (κ2) is 9.37. The first kappa shape index (κ1) is 20.0. The van der Waals surface area contributed by atoms with E-state index in [2.05, 4.69) is 19.2 Å². The summed E-state index contributed by atoms with van der Waals surface area (Å²) in [5.41, 5.74) is 1.04. The Balaban J connectivity index is 2.10. The highest BCUT2D eigenvalue weighted by Gasteiger charge is 2.43. The third-order valence-electron chi connectivity index (χ3n) is 4.70. The number of amides is 1. The van der Waals surface area contributed by atoms with Crippen molar-refractivity contribution in [3.05, 3.63) is 23.8 Å². The fraction of sp³-hybridized carbons (Fsp3) is 0.650. The smallest absolute Gasteiger partial charge is 0.236 e. The van der Waals surface area contributed by atoms with E-state index >= 15 is 0 Å². The molecular weight excluding hydrogens is 334 g/mol. The maximum Gasteiger partial charge on any atom is 0.236 e. The lowest BCUT2D eigenvalue weighted by Crippen LogP contribution is -2.49. The molecule has 0 aromatic heterocycles. The molecule has 1 N–H and O–H groups in total. The minimum absolute atomic E-state index is 0.0543. The number of carbonyl (C=O) groups is 1. The number of nitrogens with one attached hydrogen (secondary N) is 1. The maximum absolute atomic E-state index is 12.6. The lowest BCUT2D eigenvalue weighted by atomic mass is 9.83. The number of ether oxygens (including phenoxy) is 2. The van der Waals surface area contributed by atoms with Gasteiger partial charge >= 0.3 is 0 Å². The molecule has 1 fully saturated rings. The highest BCUT2D eigenvalue weighted by Crippen LogP contribution is 2.43. The molecule has 1 aromatic rings. The highest BCUT2D eigenvalue weighted by atomic mass is 32.2. The largest absolute Gasteiger partial charge is 0.490 e. The van der Waals surface area contributed by atoms with E-state index in [-0.39, 0.29) is 16.7 Å². The van der Waals surface area contributed by atoms with E-state index in [1.165, 1.54) is 0 Å². The van der Waals surface area contributed by atoms with Crippen molar-refractivity contribution in [3.63, 3.8) is 0 Å². The zero-order chi connectivity index (χ0) is 18.3. The van der Waals surface area contributed by atoms with Gasteiger partial charge in [0.1, 0.15) is 0 Å². The Morgan fingerprint density at radius 3 is 2.36 bits per heavy atom. The molecule has 0 radical (unpaired) electrons. The van der Waals surface area contributed by atoms with Gasteiger partial charge in [-0.1, -0.05) is 19.9 Å². The van der Waals surface area contributed by atoms with Crippen LogP contribution in [-0.4, -0.2) is 30.1 Å². The van der Waals surface area contributed by atoms with Crippen LogP contribution in [0.15, 0.2) is 18.2 Å². The van der Waals surface area contributed by atoms with E-state index in [1.807, 2.05) is 31.4 Å². The highest BCUT2D eigenvalue weighted by molar-refractivity contribution is 8.00. The fourth-order valence-electron chi connectivity index (χ4n) is 2.88. The van der Waals surface area contributed by atoms with E-state index < -0.39 is 0 Å². The van der Waals surface area contributed by atoms with Crippen LogP contribution in [0.2, 0.25) is 0 Å². The molecule has 1 atom stereocenters. The summed E-state index contributed by atoms with van der Waals surface area (Å²) < 4.78 is 11.4. The monoisotopic (exact) mass is 365 g/mol. The van der Waals surface area contributed by atoms with Crippen molar-refractivity contribution in [2.75, 3.05) is 19.5 Å². The van der Waals surface area contributed by atoms with Crippen molar-refractivity contribution >= 4 is 17.7 Å². The molecule has 5 heteroatoms. The molecule has 0 saturated heterocycles. The molecular formula is C20H31NO3S. The molecule has 1 aliphatic carbocycles. The molecule has 2 rings (SSSR count). The van der Waals surface area contributed by atoms with Gasteiger partial charge in [0.25, 0.3) is 0 Å². The molecule has 140 valence electrons. The number of hydrogen-bond donors (Lipinski definition) is 1. The molecule has 1 amide bonds. The first-order valence-corrected chi connectivity index (χ1v) is 10.5. The van der Waals surface area contributed by atoms with Crippen LogP contribution in [0, 0.1) is 0 Å². The van der Waals surface area contributed by atoms with Gasteiger partial charge in [-0.3, -0.25) is 4.79 Å². The average Bonchev–Trinajstić information content (AvgIpc) is 2.57. The second-order valence-electron chi connectivity index (χ2n) is 6.65. The van der Waals surface area contributed by atoms with Crippen molar-refractivity contribution in [1.29, 1.82) is 0 Å². The van der Waals surface area contributed by atoms with E-state index in [9.17, 15) is 4.79 Å². The first-order chi connectivity index (χ1) is 12.1. The fourth-order valence-corrected chi connectivity index (χ4v) is 3.82. The lowest BCUT2D eigenvalue weighted by Gasteiger charge is -2.39. The Morgan fingerprint density at radius 2 is 1.84 bits per heavy atom. The lowest BCUT2D eigenvalue weighted by molar-refractivity contribution is -0.126. The molecule has 0 heterocycles. The van der Waals surface area contributed by atoms with Crippen molar-refractivity contribution in [2.45, 2.75) is 63.7 Å². The summed E-state index contributed by atoms with van der Waals surface area (Å²) in [4.78, 5) is 12.6. The van der Waals surface area contributed by atoms with E-state index in [0.29, 0.717) is 13.2 Å². The van der Waals surface area contributed by atoms with Gasteiger partial charge in [0.15, 0.2) is 11.5 Å². The van der Waals surface area contributed by atoms with Crippen LogP contribution in [0.4, 0.5) is 0 Å². The maximum atomic E-state index is 12.6. The molecule has 1 saturated carbocycles. The number of thioether (sulfide) groups is 1. The van der Waals surface area contributed by atoms with Gasteiger partial charge < -0.3 is 14.8 Å². The predicted molar refractivity (Wildman–Crippen MR) is 105 cm³/mol. The molecule has 0 aliphatic heterocycles. The van der Waals surface area contributed by atoms with Crippen LogP contribution >= 0.6 is 11.8 Å². The standard InChI is InChI=1S/C20H31NO3S/c1-5-12-23-17-9-8-16(14-18(17)24-13-6-2)15(3)21-19(22)20(25-4)10-7-11-20/h8-9,14-15H,5-7,10-13H2,1-4H3,(H,21,22)/t15-/m0/s1. The summed E-state index contributed by atoms with van der Waals surface area (Å²) in [5.74, 6) is 1.69. The van der Waals surface area contributed by atoms with Crippen LogP contribution in [0.5, 0.6) is 11.5 Å². The molecule has 1 aromatic carbocycles. The molecule has 4 nitrogen and oxygen atoms in total. The number of hydrogen-bond acceptors (Lipinski definition) is 4. The van der Waals surface area contributed by atoms with Gasteiger partial charge in [0, 0.05) is 0 Å². The molecule has 1 aliphatic rings. The SMILES string of the molecule is CCCOc1ccc([C@H](C)NC(=O)C2(SC)CCC2)cc1OCCC. The van der Waals surface area contributed by atoms with Crippen molar-refractivity contribution in [3.8, 4) is 11.5 Å². The van der Waals surface area contributed by atoms with Crippen LogP contribution in [0.25, 0.3) is 0 Å². The average molecular weight is 366 g/mol. The quantitative estimate of drug-likeness (QED) is 0.651. The Bertz CT molecular complexity index is 567. The van der Waals surface area contributed by atoms with Crippen LogP contribution in [0.1, 0.15) is 64.5 Å². The van der Waals surface area contributed by atoms with Gasteiger partial charge in [0.05, 0.1) is 24.0 Å². The predicted octanol–water partition coefficient (Wildman–Crippen LogP) is 4.73. The van der Waals surface area contributed by atoms with Gasteiger partial charge in [-0.2, -0.15) is 0 Å². The van der Waals surface area contributed by atoms with Crippen LogP contribution in [-0.2, 0) is 4.79 Å². The zero-order valence-electron chi connectivity index (χ0n) is 15.9. The van der Waals surface area contributed by atoms with Crippen LogP contribution in [0.3, 0.4) is 0 Å². The number of carbonyl (C=O) groups excluding carboxylic acids is 1. The summed E-state index contributed by atoms with van der Waals surface area (Å²) in [5, 5.41) is 3.18. The first-order valence-electron chi connectivity index (χ1n) is 9.32. The van der Waals surface area contributed by atoms with E-state index in [4.69, 9.17) is 9.47 Å². The Hall–Kier alpha value is -1.36. The summed E-state index contributed by atoms with van der Waals surface area (Å²) in [6, 6.07) is 5.91. The number of rotatable bonds is 10. The van der Waals surface area contributed by atoms with Gasteiger partial charge in [-0.25, -0.2) is 0 Å². The Labute approximate surface area is 156 Å². The Morgan fingerprint density at radius 1 is 1.20 bits per heavy atom. The summed E-state index contributed by atoms with van der Waals surface area (Å²) in [6.45, 7) is 7.52. The van der Waals surface area contributed by atoms with Crippen molar-refractivity contribution in [2.24, 2.45) is 0 Å². The summed E-state index contributed by atoms with van der Waals surface area (Å²) in [7, 11) is 0. The number of benzene rings is 1. The van der Waals surface area contributed by atoms with Crippen molar-refractivity contribution in [1.82, 2.24) is 5.32 Å². The second-order valence-corrected chi connectivity index (χ2v) is 7.84. The molecule has 0 spiro atoms. The summed E-state index contributed by atoms with van der Waals surface area (Å²) in [6.07, 6.45) is 7.02.